The quantitative estimate of drug-likeness (QED) is 0.499. The Morgan fingerprint density at radius 3 is 2.73 bits per heavy atom. The molecular formula is C22H28. The zero-order valence-corrected chi connectivity index (χ0v) is 14.3. The van der Waals surface area contributed by atoms with Gasteiger partial charge in [-0.2, -0.15) is 0 Å². The molecule has 0 fully saturated rings. The third kappa shape index (κ3) is 3.02. The zero-order chi connectivity index (χ0) is 16.1. The predicted octanol–water partition coefficient (Wildman–Crippen LogP) is 6.62. The first-order valence-electron chi connectivity index (χ1n) is 8.36. The molecule has 1 atom stereocenters. The van der Waals surface area contributed by atoms with Gasteiger partial charge < -0.3 is 0 Å². The van der Waals surface area contributed by atoms with Crippen molar-refractivity contribution in [2.24, 2.45) is 5.92 Å². The molecule has 0 nitrogen and oxygen atoms in total. The second-order valence-corrected chi connectivity index (χ2v) is 6.07. The van der Waals surface area contributed by atoms with Gasteiger partial charge in [0.2, 0.25) is 0 Å². The van der Waals surface area contributed by atoms with E-state index in [2.05, 4.69) is 64.3 Å². The molecule has 0 N–H and O–H groups in total. The average Bonchev–Trinajstić information content (AvgIpc) is 2.55. The van der Waals surface area contributed by atoms with E-state index in [1.807, 2.05) is 6.08 Å². The van der Waals surface area contributed by atoms with E-state index in [1.54, 1.807) is 11.1 Å². The standard InChI is InChI=1S/C22H28/c1-6-12-16(5)19(8-3)22-20(9-4)17(7-2)15-18-13-10-11-14-21(18)22/h6,8-9,11-12,14,22H,3-4,7,10,13,15H2,1-2,5H3/b12-6-,19-16+. The summed E-state index contributed by atoms with van der Waals surface area (Å²) in [6, 6.07) is 0. The Labute approximate surface area is 136 Å². The molecule has 0 heteroatoms. The summed E-state index contributed by atoms with van der Waals surface area (Å²) in [6.45, 7) is 14.7. The molecule has 116 valence electrons. The van der Waals surface area contributed by atoms with Gasteiger partial charge >= 0.3 is 0 Å². The second kappa shape index (κ2) is 7.45. The monoisotopic (exact) mass is 292 g/mol. The SMILES string of the molecule is C=CC1=C(CC)CC2=C(C=CCC2)C1/C(C=C)=C(C)/C=C\C. The van der Waals surface area contributed by atoms with Crippen LogP contribution in [0.1, 0.15) is 46.5 Å². The van der Waals surface area contributed by atoms with Crippen LogP contribution >= 0.6 is 0 Å². The summed E-state index contributed by atoms with van der Waals surface area (Å²) >= 11 is 0. The lowest BCUT2D eigenvalue weighted by Crippen LogP contribution is -2.19. The molecule has 2 rings (SSSR count). The van der Waals surface area contributed by atoms with Crippen molar-refractivity contribution in [1.82, 2.24) is 0 Å². The van der Waals surface area contributed by atoms with Crippen LogP contribution < -0.4 is 0 Å². The van der Waals surface area contributed by atoms with E-state index in [4.69, 9.17) is 0 Å². The van der Waals surface area contributed by atoms with Crippen molar-refractivity contribution in [3.05, 3.63) is 83.1 Å². The molecule has 0 saturated heterocycles. The van der Waals surface area contributed by atoms with Crippen molar-refractivity contribution >= 4 is 0 Å². The van der Waals surface area contributed by atoms with Crippen LogP contribution in [-0.2, 0) is 0 Å². The van der Waals surface area contributed by atoms with Gasteiger partial charge in [-0.1, -0.05) is 67.7 Å². The first-order valence-corrected chi connectivity index (χ1v) is 8.36. The van der Waals surface area contributed by atoms with E-state index in [0.29, 0.717) is 5.92 Å². The molecule has 0 radical (unpaired) electrons. The molecule has 0 aromatic heterocycles. The predicted molar refractivity (Wildman–Crippen MR) is 98.7 cm³/mol. The minimum atomic E-state index is 0.307. The van der Waals surface area contributed by atoms with E-state index in [1.165, 1.54) is 35.1 Å². The summed E-state index contributed by atoms with van der Waals surface area (Å²) in [5.74, 6) is 0.307. The highest BCUT2D eigenvalue weighted by molar-refractivity contribution is 5.56. The smallest absolute Gasteiger partial charge is 0.0341 e. The fourth-order valence-corrected chi connectivity index (χ4v) is 3.73. The number of hydrogen-bond acceptors (Lipinski definition) is 0. The summed E-state index contributed by atoms with van der Waals surface area (Å²) in [4.78, 5) is 0. The number of rotatable bonds is 5. The van der Waals surface area contributed by atoms with Gasteiger partial charge in [0, 0.05) is 5.92 Å². The molecule has 0 spiro atoms. The molecule has 0 aromatic rings. The number of allylic oxidation sites excluding steroid dienone is 12. The van der Waals surface area contributed by atoms with Crippen LogP contribution in [0.25, 0.3) is 0 Å². The molecule has 0 aliphatic heterocycles. The first kappa shape index (κ1) is 16.5. The highest BCUT2D eigenvalue weighted by Crippen LogP contribution is 2.45. The van der Waals surface area contributed by atoms with Crippen molar-refractivity contribution in [2.75, 3.05) is 0 Å². The maximum absolute atomic E-state index is 4.11. The van der Waals surface area contributed by atoms with E-state index in [9.17, 15) is 0 Å². The van der Waals surface area contributed by atoms with E-state index in [0.717, 1.165) is 12.8 Å². The van der Waals surface area contributed by atoms with Gasteiger partial charge in [0.1, 0.15) is 0 Å². The molecule has 0 aromatic carbocycles. The van der Waals surface area contributed by atoms with E-state index in [-0.39, 0.29) is 0 Å². The third-order valence-electron chi connectivity index (χ3n) is 4.83. The molecule has 0 bridgehead atoms. The van der Waals surface area contributed by atoms with Crippen LogP contribution in [-0.4, -0.2) is 0 Å². The van der Waals surface area contributed by atoms with Crippen LogP contribution in [0.2, 0.25) is 0 Å². The molecule has 0 saturated carbocycles. The van der Waals surface area contributed by atoms with Gasteiger partial charge in [-0.05, 0) is 61.8 Å². The molecule has 1 unspecified atom stereocenters. The molecule has 0 heterocycles. The third-order valence-corrected chi connectivity index (χ3v) is 4.83. The molecule has 22 heavy (non-hydrogen) atoms. The molecule has 2 aliphatic carbocycles. The van der Waals surface area contributed by atoms with Crippen LogP contribution in [0, 0.1) is 5.92 Å². The Morgan fingerprint density at radius 1 is 1.36 bits per heavy atom. The second-order valence-electron chi connectivity index (χ2n) is 6.07. The van der Waals surface area contributed by atoms with Gasteiger partial charge in [0.05, 0.1) is 0 Å². The van der Waals surface area contributed by atoms with Gasteiger partial charge in [0.15, 0.2) is 0 Å². The van der Waals surface area contributed by atoms with Gasteiger partial charge in [-0.25, -0.2) is 0 Å². The highest BCUT2D eigenvalue weighted by Gasteiger charge is 2.29. The van der Waals surface area contributed by atoms with Crippen molar-refractivity contribution in [1.29, 1.82) is 0 Å². The van der Waals surface area contributed by atoms with Crippen LogP contribution in [0.5, 0.6) is 0 Å². The van der Waals surface area contributed by atoms with Crippen molar-refractivity contribution in [3.8, 4) is 0 Å². The lowest BCUT2D eigenvalue weighted by atomic mass is 9.70. The van der Waals surface area contributed by atoms with Crippen LogP contribution in [0.4, 0.5) is 0 Å². The Kier molecular flexibility index (Phi) is 5.60. The largest absolute Gasteiger partial charge is 0.0988 e. The molecule has 2 aliphatic rings. The van der Waals surface area contributed by atoms with E-state index >= 15 is 0 Å². The van der Waals surface area contributed by atoms with Crippen molar-refractivity contribution in [2.45, 2.75) is 46.5 Å². The van der Waals surface area contributed by atoms with Gasteiger partial charge in [0.25, 0.3) is 0 Å². The zero-order valence-electron chi connectivity index (χ0n) is 14.3. The average molecular weight is 292 g/mol. The first-order chi connectivity index (χ1) is 10.7. The highest BCUT2D eigenvalue weighted by atomic mass is 14.3. The molecular weight excluding hydrogens is 264 g/mol. The maximum Gasteiger partial charge on any atom is 0.0341 e. The fraction of sp³-hybridized carbons (Fsp3) is 0.364. The Balaban J connectivity index is 2.66. The normalized spacial score (nSPS) is 22.8. The lowest BCUT2D eigenvalue weighted by molar-refractivity contribution is 0.739. The Hall–Kier alpha value is -1.82. The summed E-state index contributed by atoms with van der Waals surface area (Å²) in [5.41, 5.74) is 8.65. The van der Waals surface area contributed by atoms with Gasteiger partial charge in [-0.15, -0.1) is 0 Å². The summed E-state index contributed by atoms with van der Waals surface area (Å²) < 4.78 is 0. The lowest BCUT2D eigenvalue weighted by Gasteiger charge is -2.34. The van der Waals surface area contributed by atoms with E-state index < -0.39 is 0 Å². The summed E-state index contributed by atoms with van der Waals surface area (Å²) in [5, 5.41) is 0. The van der Waals surface area contributed by atoms with Gasteiger partial charge in [-0.3, -0.25) is 0 Å². The maximum atomic E-state index is 4.11. The summed E-state index contributed by atoms with van der Waals surface area (Å²) in [6.07, 6.45) is 17.7. The number of hydrogen-bond donors (Lipinski definition) is 0. The topological polar surface area (TPSA) is 0 Å². The minimum absolute atomic E-state index is 0.307. The Bertz CT molecular complexity index is 602. The van der Waals surface area contributed by atoms with Crippen molar-refractivity contribution < 1.29 is 0 Å². The van der Waals surface area contributed by atoms with Crippen LogP contribution in [0.15, 0.2) is 83.1 Å². The Morgan fingerprint density at radius 2 is 2.14 bits per heavy atom. The van der Waals surface area contributed by atoms with Crippen LogP contribution in [0.3, 0.4) is 0 Å². The van der Waals surface area contributed by atoms with Crippen molar-refractivity contribution in [3.63, 3.8) is 0 Å². The molecule has 0 amide bonds. The summed E-state index contributed by atoms with van der Waals surface area (Å²) in [7, 11) is 0. The fourth-order valence-electron chi connectivity index (χ4n) is 3.73. The minimum Gasteiger partial charge on any atom is -0.0988 e.